The molecule has 3 heterocycles. The normalized spacial score (nSPS) is 11.0. The van der Waals surface area contributed by atoms with Crippen LogP contribution in [0.4, 0.5) is 0 Å². The second kappa shape index (κ2) is 11.1. The molecule has 0 aliphatic carbocycles. The molecule has 0 unspecified atom stereocenters. The Kier molecular flexibility index (Phi) is 6.66. The molecule has 7 rings (SSSR count). The Morgan fingerprint density at radius 3 is 1.79 bits per heavy atom. The molecule has 0 saturated heterocycles. The summed E-state index contributed by atoms with van der Waals surface area (Å²) in [5.74, 6) is 0. The van der Waals surface area contributed by atoms with Crippen molar-refractivity contribution in [3.05, 3.63) is 151 Å². The molecule has 0 spiro atoms. The molecular formula is C37H27N5. The number of aryl methyl sites for hydroxylation is 1. The Balaban J connectivity index is 1.25. The van der Waals surface area contributed by atoms with Gasteiger partial charge < -0.3 is 0 Å². The summed E-state index contributed by atoms with van der Waals surface area (Å²) in [5.41, 5.74) is 12.1. The number of nitrogens with zero attached hydrogens (tertiary/aromatic N) is 5. The fourth-order valence-corrected chi connectivity index (χ4v) is 5.09. The van der Waals surface area contributed by atoms with E-state index in [0.717, 1.165) is 61.8 Å². The molecule has 3 aromatic heterocycles. The predicted octanol–water partition coefficient (Wildman–Crippen LogP) is 8.70. The van der Waals surface area contributed by atoms with Crippen LogP contribution in [0.2, 0.25) is 0 Å². The molecule has 4 aromatic carbocycles. The maximum atomic E-state index is 5.02. The Morgan fingerprint density at radius 2 is 1.10 bits per heavy atom. The first-order valence-electron chi connectivity index (χ1n) is 13.9. The van der Waals surface area contributed by atoms with Crippen molar-refractivity contribution in [3.63, 3.8) is 0 Å². The number of rotatable bonds is 6. The van der Waals surface area contributed by atoms with Crippen molar-refractivity contribution in [1.29, 1.82) is 0 Å². The van der Waals surface area contributed by atoms with Crippen molar-refractivity contribution >= 4 is 0 Å². The van der Waals surface area contributed by atoms with E-state index in [-0.39, 0.29) is 0 Å². The highest BCUT2D eigenvalue weighted by atomic mass is 15.4. The standard InChI is InChI=1S/C37H27N5/c1-26-18-19-38-34(20-26)31-16-9-17-33(22-31)42-25-37(40-41-42)30-15-8-14-29(21-30)32-23-35(27-10-4-2-5-11-27)39-36(24-32)28-12-6-3-7-13-28/h2-25H,1H3. The van der Waals surface area contributed by atoms with Crippen molar-refractivity contribution in [2.24, 2.45) is 0 Å². The Hall–Kier alpha value is -5.68. The van der Waals surface area contributed by atoms with Crippen LogP contribution in [0.1, 0.15) is 5.56 Å². The minimum absolute atomic E-state index is 0.802. The summed E-state index contributed by atoms with van der Waals surface area (Å²) in [5, 5.41) is 8.99. The number of pyridine rings is 2. The predicted molar refractivity (Wildman–Crippen MR) is 169 cm³/mol. The lowest BCUT2D eigenvalue weighted by Gasteiger charge is -2.11. The van der Waals surface area contributed by atoms with Crippen molar-refractivity contribution < 1.29 is 0 Å². The smallest absolute Gasteiger partial charge is 0.113 e. The van der Waals surface area contributed by atoms with E-state index in [9.17, 15) is 0 Å². The summed E-state index contributed by atoms with van der Waals surface area (Å²) >= 11 is 0. The number of benzene rings is 4. The molecule has 0 fully saturated rings. The molecular weight excluding hydrogens is 514 g/mol. The average Bonchev–Trinajstić information content (AvgIpc) is 3.56. The van der Waals surface area contributed by atoms with Gasteiger partial charge in [0.05, 0.1) is 29.0 Å². The summed E-state index contributed by atoms with van der Waals surface area (Å²) < 4.78 is 1.81. The highest BCUT2D eigenvalue weighted by molar-refractivity contribution is 5.78. The highest BCUT2D eigenvalue weighted by Crippen LogP contribution is 2.32. The first-order valence-corrected chi connectivity index (χ1v) is 13.9. The fourth-order valence-electron chi connectivity index (χ4n) is 5.09. The third-order valence-electron chi connectivity index (χ3n) is 7.27. The van der Waals surface area contributed by atoms with E-state index in [1.54, 1.807) is 0 Å². The van der Waals surface area contributed by atoms with Gasteiger partial charge in [0.2, 0.25) is 0 Å². The summed E-state index contributed by atoms with van der Waals surface area (Å²) in [4.78, 5) is 9.56. The van der Waals surface area contributed by atoms with Gasteiger partial charge in [-0.25, -0.2) is 9.67 Å². The van der Waals surface area contributed by atoms with E-state index in [1.165, 1.54) is 5.56 Å². The molecule has 7 aromatic rings. The minimum Gasteiger partial charge on any atom is -0.256 e. The number of aromatic nitrogens is 5. The summed E-state index contributed by atoms with van der Waals surface area (Å²) in [6.07, 6.45) is 3.81. The van der Waals surface area contributed by atoms with Crippen molar-refractivity contribution in [2.45, 2.75) is 6.92 Å². The van der Waals surface area contributed by atoms with Crippen LogP contribution in [0.3, 0.4) is 0 Å². The second-order valence-electron chi connectivity index (χ2n) is 10.3. The maximum absolute atomic E-state index is 5.02. The van der Waals surface area contributed by atoms with E-state index >= 15 is 0 Å². The monoisotopic (exact) mass is 541 g/mol. The van der Waals surface area contributed by atoms with Gasteiger partial charge in [-0.2, -0.15) is 0 Å². The SMILES string of the molecule is Cc1ccnc(-c2cccc(-n3cc(-c4cccc(-c5cc(-c6ccccc6)nc(-c6ccccc6)c5)c4)nn3)c2)c1. The van der Waals surface area contributed by atoms with Gasteiger partial charge in [0, 0.05) is 28.5 Å². The summed E-state index contributed by atoms with van der Waals surface area (Å²) in [6.45, 7) is 2.07. The van der Waals surface area contributed by atoms with Crippen molar-refractivity contribution in [1.82, 2.24) is 25.0 Å². The second-order valence-corrected chi connectivity index (χ2v) is 10.3. The first-order chi connectivity index (χ1) is 20.7. The zero-order chi connectivity index (χ0) is 28.3. The fraction of sp³-hybridized carbons (Fsp3) is 0.0270. The number of hydrogen-bond donors (Lipinski definition) is 0. The molecule has 0 amide bonds. The molecule has 0 N–H and O–H groups in total. The number of hydrogen-bond acceptors (Lipinski definition) is 4. The van der Waals surface area contributed by atoms with Gasteiger partial charge >= 0.3 is 0 Å². The quantitative estimate of drug-likeness (QED) is 0.211. The van der Waals surface area contributed by atoms with Crippen LogP contribution in [0.15, 0.2) is 146 Å². The van der Waals surface area contributed by atoms with Gasteiger partial charge in [-0.15, -0.1) is 5.10 Å². The third kappa shape index (κ3) is 5.23. The highest BCUT2D eigenvalue weighted by Gasteiger charge is 2.12. The van der Waals surface area contributed by atoms with E-state index in [4.69, 9.17) is 4.98 Å². The zero-order valence-electron chi connectivity index (χ0n) is 23.1. The van der Waals surface area contributed by atoms with Crippen LogP contribution < -0.4 is 0 Å². The van der Waals surface area contributed by atoms with E-state index < -0.39 is 0 Å². The van der Waals surface area contributed by atoms with Crippen molar-refractivity contribution in [2.75, 3.05) is 0 Å². The molecule has 0 aliphatic heterocycles. The van der Waals surface area contributed by atoms with Crippen LogP contribution in [-0.4, -0.2) is 25.0 Å². The van der Waals surface area contributed by atoms with Gasteiger partial charge in [0.1, 0.15) is 5.69 Å². The van der Waals surface area contributed by atoms with Gasteiger partial charge in [0.15, 0.2) is 0 Å². The zero-order valence-corrected chi connectivity index (χ0v) is 23.1. The molecule has 0 saturated carbocycles. The molecule has 42 heavy (non-hydrogen) atoms. The lowest BCUT2D eigenvalue weighted by molar-refractivity contribution is 0.804. The van der Waals surface area contributed by atoms with Crippen LogP contribution in [0, 0.1) is 6.92 Å². The Bertz CT molecular complexity index is 1940. The minimum atomic E-state index is 0.802. The lowest BCUT2D eigenvalue weighted by atomic mass is 9.98. The maximum Gasteiger partial charge on any atom is 0.113 e. The Morgan fingerprint density at radius 1 is 0.476 bits per heavy atom. The molecule has 0 aliphatic rings. The van der Waals surface area contributed by atoms with E-state index in [2.05, 4.69) is 101 Å². The lowest BCUT2D eigenvalue weighted by Crippen LogP contribution is -1.95. The average molecular weight is 542 g/mol. The van der Waals surface area contributed by atoms with E-state index in [0.29, 0.717) is 0 Å². The van der Waals surface area contributed by atoms with Gasteiger partial charge in [-0.1, -0.05) is 96.2 Å². The molecule has 0 radical (unpaired) electrons. The first kappa shape index (κ1) is 25.3. The largest absolute Gasteiger partial charge is 0.256 e. The summed E-state index contributed by atoms with van der Waals surface area (Å²) in [6, 6.07) is 45.7. The van der Waals surface area contributed by atoms with Gasteiger partial charge in [-0.05, 0) is 66.1 Å². The van der Waals surface area contributed by atoms with Crippen LogP contribution >= 0.6 is 0 Å². The molecule has 5 heteroatoms. The molecule has 0 atom stereocenters. The van der Waals surface area contributed by atoms with Crippen molar-refractivity contribution in [3.8, 4) is 61.8 Å². The Labute approximate surface area is 244 Å². The van der Waals surface area contributed by atoms with Gasteiger partial charge in [-0.3, -0.25) is 4.98 Å². The van der Waals surface area contributed by atoms with Crippen LogP contribution in [0.5, 0.6) is 0 Å². The topological polar surface area (TPSA) is 56.5 Å². The summed E-state index contributed by atoms with van der Waals surface area (Å²) in [7, 11) is 0. The van der Waals surface area contributed by atoms with Crippen LogP contribution in [0.25, 0.3) is 61.8 Å². The molecule has 200 valence electrons. The molecule has 5 nitrogen and oxygen atoms in total. The van der Waals surface area contributed by atoms with Gasteiger partial charge in [0.25, 0.3) is 0 Å². The van der Waals surface area contributed by atoms with E-state index in [1.807, 2.05) is 71.7 Å². The third-order valence-corrected chi connectivity index (χ3v) is 7.27. The molecule has 0 bridgehead atoms. The van der Waals surface area contributed by atoms with Crippen LogP contribution in [-0.2, 0) is 0 Å².